The van der Waals surface area contributed by atoms with Crippen molar-refractivity contribution < 1.29 is 20.8 Å². The van der Waals surface area contributed by atoms with E-state index in [4.69, 9.17) is 11.2 Å². The molecule has 4 heteroatoms. The molecule has 0 amide bonds. The third-order valence-corrected chi connectivity index (χ3v) is 1.97. The number of aromatic carboxylic acids is 1. The lowest BCUT2D eigenvalue weighted by atomic mass is 10.1. The Morgan fingerprint density at radius 2 is 2.00 bits per heavy atom. The monoisotopic (exact) mass is 223 g/mol. The third kappa shape index (κ3) is 3.08. The number of hydrogen-bond donors (Lipinski definition) is 1. The van der Waals surface area contributed by atoms with Crippen molar-refractivity contribution in [3.63, 3.8) is 0 Å². The fraction of sp³-hybridized carbons (Fsp3) is 0.333. The van der Waals surface area contributed by atoms with E-state index in [9.17, 15) is 9.59 Å². The maximum absolute atomic E-state index is 11.6. The number of carboxylic acids is 1. The van der Waals surface area contributed by atoms with E-state index < -0.39 is 18.5 Å². The van der Waals surface area contributed by atoms with Crippen molar-refractivity contribution in [1.82, 2.24) is 0 Å². The van der Waals surface area contributed by atoms with Crippen LogP contribution in [0.25, 0.3) is 0 Å². The molecule has 0 aliphatic heterocycles. The Morgan fingerprint density at radius 1 is 1.38 bits per heavy atom. The second-order valence-electron chi connectivity index (χ2n) is 3.21. The highest BCUT2D eigenvalue weighted by molar-refractivity contribution is 6.02. The summed E-state index contributed by atoms with van der Waals surface area (Å²) in [7, 11) is 0. The number of benzene rings is 1. The van der Waals surface area contributed by atoms with Crippen molar-refractivity contribution in [1.29, 1.82) is 0 Å². The average Bonchev–Trinajstić information content (AvgIpc) is 2.29. The SMILES string of the molecule is [2H][C@@H](CCC)OC(=O)c1ccccc1C(=O)O. The predicted molar refractivity (Wildman–Crippen MR) is 58.6 cm³/mol. The zero-order valence-electron chi connectivity index (χ0n) is 9.97. The van der Waals surface area contributed by atoms with E-state index in [0.717, 1.165) is 6.42 Å². The van der Waals surface area contributed by atoms with Crippen LogP contribution in [0.1, 0.15) is 41.9 Å². The van der Waals surface area contributed by atoms with Crippen LogP contribution < -0.4 is 0 Å². The Morgan fingerprint density at radius 3 is 2.56 bits per heavy atom. The fourth-order valence-corrected chi connectivity index (χ4v) is 1.16. The second-order valence-corrected chi connectivity index (χ2v) is 3.21. The van der Waals surface area contributed by atoms with Crippen molar-refractivity contribution in [3.05, 3.63) is 35.4 Å². The van der Waals surface area contributed by atoms with Crippen LogP contribution in [-0.2, 0) is 4.74 Å². The molecule has 1 N–H and O–H groups in total. The van der Waals surface area contributed by atoms with Crippen LogP contribution in [0.2, 0.25) is 0 Å². The molecule has 0 bridgehead atoms. The lowest BCUT2D eigenvalue weighted by Crippen LogP contribution is -2.12. The van der Waals surface area contributed by atoms with E-state index in [-0.39, 0.29) is 11.1 Å². The minimum absolute atomic E-state index is 0.0200. The zero-order valence-corrected chi connectivity index (χ0v) is 8.97. The Kier molecular flexibility index (Phi) is 3.94. The highest BCUT2D eigenvalue weighted by atomic mass is 16.5. The molecule has 0 radical (unpaired) electrons. The van der Waals surface area contributed by atoms with Crippen molar-refractivity contribution in [2.24, 2.45) is 0 Å². The van der Waals surface area contributed by atoms with Gasteiger partial charge in [0.15, 0.2) is 0 Å². The van der Waals surface area contributed by atoms with Gasteiger partial charge in [-0.1, -0.05) is 25.5 Å². The van der Waals surface area contributed by atoms with Gasteiger partial charge in [-0.15, -0.1) is 0 Å². The molecular weight excluding hydrogens is 208 g/mol. The van der Waals surface area contributed by atoms with Crippen LogP contribution >= 0.6 is 0 Å². The van der Waals surface area contributed by atoms with Gasteiger partial charge in [0.2, 0.25) is 0 Å². The van der Waals surface area contributed by atoms with Crippen LogP contribution in [0.4, 0.5) is 0 Å². The smallest absolute Gasteiger partial charge is 0.339 e. The lowest BCUT2D eigenvalue weighted by Gasteiger charge is -2.06. The number of ether oxygens (including phenoxy) is 1. The van der Waals surface area contributed by atoms with Crippen LogP contribution in [0.5, 0.6) is 0 Å². The van der Waals surface area contributed by atoms with Crippen molar-refractivity contribution in [2.45, 2.75) is 19.8 Å². The Balaban J connectivity index is 2.85. The summed E-state index contributed by atoms with van der Waals surface area (Å²) in [6.45, 7) is 0.926. The van der Waals surface area contributed by atoms with E-state index in [1.807, 2.05) is 6.92 Å². The number of hydrogen-bond acceptors (Lipinski definition) is 3. The van der Waals surface area contributed by atoms with Crippen LogP contribution in [-0.4, -0.2) is 23.6 Å². The van der Waals surface area contributed by atoms with E-state index in [1.165, 1.54) is 18.2 Å². The van der Waals surface area contributed by atoms with Gasteiger partial charge in [0.05, 0.1) is 19.1 Å². The van der Waals surface area contributed by atoms with Gasteiger partial charge in [0.1, 0.15) is 0 Å². The quantitative estimate of drug-likeness (QED) is 0.778. The molecule has 0 aliphatic rings. The van der Waals surface area contributed by atoms with Gasteiger partial charge in [0.25, 0.3) is 0 Å². The highest BCUT2D eigenvalue weighted by Crippen LogP contribution is 2.10. The average molecular weight is 223 g/mol. The first-order valence-corrected chi connectivity index (χ1v) is 5.01. The molecule has 1 aromatic carbocycles. The van der Waals surface area contributed by atoms with Crippen molar-refractivity contribution in [3.8, 4) is 0 Å². The van der Waals surface area contributed by atoms with Gasteiger partial charge in [0, 0.05) is 0 Å². The van der Waals surface area contributed by atoms with Gasteiger partial charge >= 0.3 is 11.9 Å². The topological polar surface area (TPSA) is 63.6 Å². The summed E-state index contributed by atoms with van der Waals surface area (Å²) in [6, 6.07) is 5.80. The largest absolute Gasteiger partial charge is 0.478 e. The number of carbonyl (C=O) groups excluding carboxylic acids is 1. The molecule has 86 valence electrons. The fourth-order valence-electron chi connectivity index (χ4n) is 1.16. The van der Waals surface area contributed by atoms with Gasteiger partial charge in [-0.3, -0.25) is 0 Å². The van der Waals surface area contributed by atoms with Crippen LogP contribution in [0.3, 0.4) is 0 Å². The van der Waals surface area contributed by atoms with Crippen LogP contribution in [0.15, 0.2) is 24.3 Å². The Hall–Kier alpha value is -1.84. The van der Waals surface area contributed by atoms with Gasteiger partial charge < -0.3 is 9.84 Å². The Bertz CT molecular complexity index is 417. The highest BCUT2D eigenvalue weighted by Gasteiger charge is 2.16. The lowest BCUT2D eigenvalue weighted by molar-refractivity contribution is 0.0489. The molecule has 1 rings (SSSR count). The first kappa shape index (κ1) is 10.7. The second kappa shape index (κ2) is 5.90. The molecule has 16 heavy (non-hydrogen) atoms. The van der Waals surface area contributed by atoms with E-state index in [2.05, 4.69) is 0 Å². The number of esters is 1. The molecule has 0 saturated heterocycles. The molecule has 0 spiro atoms. The summed E-state index contributed by atoms with van der Waals surface area (Å²) in [4.78, 5) is 22.5. The minimum atomic E-state index is -1.19. The predicted octanol–water partition coefficient (Wildman–Crippen LogP) is 2.34. The summed E-state index contributed by atoms with van der Waals surface area (Å²) in [6.07, 6.45) is 1.16. The van der Waals surface area contributed by atoms with Crippen LogP contribution in [0, 0.1) is 0 Å². The summed E-state index contributed by atoms with van der Waals surface area (Å²) < 4.78 is 12.3. The first-order chi connectivity index (χ1) is 8.06. The third-order valence-electron chi connectivity index (χ3n) is 1.97. The number of carboxylic acid groups (broad SMARTS) is 1. The molecule has 1 atom stereocenters. The van der Waals surface area contributed by atoms with Gasteiger partial charge in [-0.25, -0.2) is 9.59 Å². The molecule has 4 nitrogen and oxygen atoms in total. The zero-order chi connectivity index (χ0) is 12.8. The summed E-state index contributed by atoms with van der Waals surface area (Å²) >= 11 is 0. The maximum Gasteiger partial charge on any atom is 0.339 e. The molecule has 0 aliphatic carbocycles. The molecule has 0 heterocycles. The molecule has 0 fully saturated rings. The summed E-state index contributed by atoms with van der Waals surface area (Å²) in [5.41, 5.74) is -0.130. The Labute approximate surface area is 95.3 Å². The molecule has 0 unspecified atom stereocenters. The van der Waals surface area contributed by atoms with E-state index in [0.29, 0.717) is 6.42 Å². The molecule has 0 aromatic heterocycles. The van der Waals surface area contributed by atoms with E-state index >= 15 is 0 Å². The van der Waals surface area contributed by atoms with Crippen molar-refractivity contribution >= 4 is 11.9 Å². The number of rotatable bonds is 5. The molecule has 0 saturated carbocycles. The molecule has 1 aromatic rings. The maximum atomic E-state index is 11.6. The first-order valence-electron chi connectivity index (χ1n) is 5.59. The molecular formula is C12H14O4. The summed E-state index contributed by atoms with van der Waals surface area (Å²) in [5.74, 6) is -1.95. The van der Waals surface area contributed by atoms with Gasteiger partial charge in [-0.05, 0) is 18.6 Å². The number of carbonyl (C=O) groups is 2. The van der Waals surface area contributed by atoms with Crippen molar-refractivity contribution in [2.75, 3.05) is 6.58 Å². The summed E-state index contributed by atoms with van der Waals surface area (Å²) in [5, 5.41) is 8.90. The van der Waals surface area contributed by atoms with E-state index in [1.54, 1.807) is 6.07 Å². The normalized spacial score (nSPS) is 12.7. The van der Waals surface area contributed by atoms with Gasteiger partial charge in [-0.2, -0.15) is 0 Å². The minimum Gasteiger partial charge on any atom is -0.478 e. The standard InChI is InChI=1S/C12H14O4/c1-2-3-8-16-12(15)10-7-5-4-6-9(10)11(13)14/h4-7H,2-3,8H2,1H3,(H,13,14)/i8D/t8-/m0/s1.